The predicted octanol–water partition coefficient (Wildman–Crippen LogP) is -1.42. The molecule has 31 heavy (non-hydrogen) atoms. The van der Waals surface area contributed by atoms with Crippen LogP contribution in [0.25, 0.3) is 0 Å². The Morgan fingerprint density at radius 3 is 2.61 bits per heavy atom. The van der Waals surface area contributed by atoms with E-state index in [4.69, 9.17) is 14.2 Å². The molecule has 2 heterocycles. The third-order valence-corrected chi connectivity index (χ3v) is 6.17. The third kappa shape index (κ3) is 5.23. The zero-order chi connectivity index (χ0) is 22.7. The topological polar surface area (TPSA) is 163 Å². The van der Waals surface area contributed by atoms with Crippen LogP contribution in [0.3, 0.4) is 0 Å². The van der Waals surface area contributed by atoms with Gasteiger partial charge in [0, 0.05) is 12.3 Å². The quantitative estimate of drug-likeness (QED) is 0.194. The first kappa shape index (κ1) is 24.0. The molecule has 0 aromatic rings. The smallest absolute Gasteiger partial charge is 0.309 e. The molecule has 0 saturated carbocycles. The first-order valence-corrected chi connectivity index (χ1v) is 10.4. The molecule has 0 aromatic carbocycles. The zero-order valence-corrected chi connectivity index (χ0v) is 17.2. The van der Waals surface area contributed by atoms with Crippen molar-refractivity contribution in [3.63, 3.8) is 0 Å². The van der Waals surface area contributed by atoms with E-state index in [-0.39, 0.29) is 13.0 Å². The van der Waals surface area contributed by atoms with Gasteiger partial charge in [0.15, 0.2) is 6.29 Å². The van der Waals surface area contributed by atoms with Gasteiger partial charge in [-0.2, -0.15) is 0 Å². The van der Waals surface area contributed by atoms with Gasteiger partial charge in [0.2, 0.25) is 0 Å². The monoisotopic (exact) mass is 442 g/mol. The number of aliphatic hydroxyl groups excluding tert-OH is 5. The fourth-order valence-electron chi connectivity index (χ4n) is 4.29. The van der Waals surface area contributed by atoms with E-state index >= 15 is 0 Å². The lowest BCUT2D eigenvalue weighted by atomic mass is 9.82. The average molecular weight is 442 g/mol. The third-order valence-electron chi connectivity index (χ3n) is 6.17. The van der Waals surface area contributed by atoms with E-state index < -0.39 is 67.3 Å². The van der Waals surface area contributed by atoms with Crippen LogP contribution >= 0.6 is 0 Å². The average Bonchev–Trinajstić information content (AvgIpc) is 3.03. The Bertz CT molecular complexity index is 717. The zero-order valence-electron chi connectivity index (χ0n) is 17.2. The Hall–Kier alpha value is -1.66. The molecule has 9 atom stereocenters. The van der Waals surface area contributed by atoms with Crippen molar-refractivity contribution in [2.75, 3.05) is 13.2 Å². The molecule has 0 spiro atoms. The molecule has 2 aliphatic heterocycles. The number of carbonyl (C=O) groups is 2. The second-order valence-corrected chi connectivity index (χ2v) is 8.31. The Morgan fingerprint density at radius 1 is 1.19 bits per heavy atom. The molecule has 0 bridgehead atoms. The lowest BCUT2D eigenvalue weighted by Gasteiger charge is -2.39. The summed E-state index contributed by atoms with van der Waals surface area (Å²) >= 11 is 0. The Morgan fingerprint density at radius 2 is 1.94 bits per heavy atom. The first-order valence-electron chi connectivity index (χ1n) is 10.4. The molecular formula is C21H30O10. The van der Waals surface area contributed by atoms with Crippen LogP contribution in [-0.4, -0.2) is 93.9 Å². The Kier molecular flexibility index (Phi) is 7.98. The second kappa shape index (κ2) is 10.3. The number of rotatable bonds is 5. The molecule has 3 rings (SSSR count). The van der Waals surface area contributed by atoms with E-state index in [1.54, 1.807) is 19.1 Å². The van der Waals surface area contributed by atoms with Crippen molar-refractivity contribution >= 4 is 12.3 Å². The first-order chi connectivity index (χ1) is 14.8. The second-order valence-electron chi connectivity index (χ2n) is 8.31. The predicted molar refractivity (Wildman–Crippen MR) is 104 cm³/mol. The maximum absolute atomic E-state index is 12.1. The number of fused-ring (bicyclic) bond motifs is 1. The largest absolute Gasteiger partial charge is 0.457 e. The van der Waals surface area contributed by atoms with Crippen LogP contribution in [0.2, 0.25) is 0 Å². The Labute approximate surface area is 179 Å². The summed E-state index contributed by atoms with van der Waals surface area (Å²) in [4.78, 5) is 23.5. The number of hydrogen-bond donors (Lipinski definition) is 5. The van der Waals surface area contributed by atoms with Crippen LogP contribution in [-0.2, 0) is 23.8 Å². The lowest BCUT2D eigenvalue weighted by Crippen LogP contribution is -2.59. The standard InChI is InChI=1S/C21H30O10/c1-10-16-13(24)5-11(7-22)3-2-4-12(6-14(16)30-20(10)28)9-29-21-19(27)18(26)17(25)15(8-23)31-21/h3,6-7,10,13-19,21,23-27H,2,4-5,8-9H2,1H3/b11-3+,12-6-/t10-,13-,14+,15?,16+,17?,18?,19?,21?/m0/s1. The highest BCUT2D eigenvalue weighted by Gasteiger charge is 2.46. The van der Waals surface area contributed by atoms with Crippen molar-refractivity contribution in [2.24, 2.45) is 11.8 Å². The highest BCUT2D eigenvalue weighted by molar-refractivity contribution is 5.76. The SMILES string of the molecule is C[C@@H]1C(=O)O[C@@H]2/C=C(\COC3OC(CO)C(O)C(O)C3O)CC/C=C(/C=O)C[C@H](O)[C@@H]12. The number of hydrogen-bond acceptors (Lipinski definition) is 10. The minimum Gasteiger partial charge on any atom is -0.457 e. The summed E-state index contributed by atoms with van der Waals surface area (Å²) in [5.41, 5.74) is 1.12. The molecule has 10 heteroatoms. The number of allylic oxidation sites excluding steroid dienone is 1. The maximum atomic E-state index is 12.1. The molecule has 5 N–H and O–H groups in total. The van der Waals surface area contributed by atoms with Crippen LogP contribution in [0, 0.1) is 11.8 Å². The highest BCUT2D eigenvalue weighted by atomic mass is 16.7. The van der Waals surface area contributed by atoms with Gasteiger partial charge >= 0.3 is 5.97 Å². The molecule has 10 nitrogen and oxygen atoms in total. The fourth-order valence-corrected chi connectivity index (χ4v) is 4.29. The van der Waals surface area contributed by atoms with Crippen LogP contribution in [0.1, 0.15) is 26.2 Å². The fraction of sp³-hybridized carbons (Fsp3) is 0.714. The number of carbonyl (C=O) groups excluding carboxylic acids is 2. The van der Waals surface area contributed by atoms with E-state index in [2.05, 4.69) is 0 Å². The number of aliphatic hydroxyl groups is 5. The summed E-state index contributed by atoms with van der Waals surface area (Å²) in [5, 5.41) is 49.9. The number of aldehydes is 1. The Balaban J connectivity index is 1.77. The van der Waals surface area contributed by atoms with Gasteiger partial charge in [-0.05, 0) is 30.1 Å². The molecule has 174 valence electrons. The van der Waals surface area contributed by atoms with Gasteiger partial charge in [0.1, 0.15) is 36.8 Å². The molecular weight excluding hydrogens is 412 g/mol. The van der Waals surface area contributed by atoms with Crippen molar-refractivity contribution in [3.05, 3.63) is 23.3 Å². The van der Waals surface area contributed by atoms with Crippen LogP contribution in [0.4, 0.5) is 0 Å². The summed E-state index contributed by atoms with van der Waals surface area (Å²) in [6.07, 6.45) is -3.39. The van der Waals surface area contributed by atoms with E-state index in [1.807, 2.05) is 0 Å². The van der Waals surface area contributed by atoms with Gasteiger partial charge in [0.25, 0.3) is 0 Å². The molecule has 2 saturated heterocycles. The van der Waals surface area contributed by atoms with Crippen molar-refractivity contribution in [2.45, 2.75) is 69.1 Å². The lowest BCUT2D eigenvalue weighted by molar-refractivity contribution is -0.299. The number of esters is 1. The van der Waals surface area contributed by atoms with E-state index in [0.29, 0.717) is 30.3 Å². The molecule has 2 fully saturated rings. The molecule has 1 aliphatic carbocycles. The molecule has 0 radical (unpaired) electrons. The maximum Gasteiger partial charge on any atom is 0.309 e. The van der Waals surface area contributed by atoms with Gasteiger partial charge < -0.3 is 39.7 Å². The van der Waals surface area contributed by atoms with E-state index in [1.165, 1.54) is 0 Å². The molecule has 5 unspecified atom stereocenters. The van der Waals surface area contributed by atoms with Crippen LogP contribution in [0.15, 0.2) is 23.3 Å². The minimum atomic E-state index is -1.55. The van der Waals surface area contributed by atoms with Crippen molar-refractivity contribution in [1.82, 2.24) is 0 Å². The van der Waals surface area contributed by atoms with Gasteiger partial charge in [0.05, 0.1) is 25.2 Å². The number of ether oxygens (including phenoxy) is 3. The summed E-state index contributed by atoms with van der Waals surface area (Å²) in [5.74, 6) is -1.51. The van der Waals surface area contributed by atoms with Gasteiger partial charge in [-0.1, -0.05) is 13.0 Å². The highest BCUT2D eigenvalue weighted by Crippen LogP contribution is 2.35. The molecule has 0 aromatic heterocycles. The van der Waals surface area contributed by atoms with Crippen molar-refractivity contribution in [1.29, 1.82) is 0 Å². The van der Waals surface area contributed by atoms with Gasteiger partial charge in [-0.15, -0.1) is 0 Å². The van der Waals surface area contributed by atoms with Crippen molar-refractivity contribution in [3.8, 4) is 0 Å². The summed E-state index contributed by atoms with van der Waals surface area (Å²) < 4.78 is 16.4. The normalized spacial score (nSPS) is 45.0. The van der Waals surface area contributed by atoms with Gasteiger partial charge in [-0.3, -0.25) is 9.59 Å². The summed E-state index contributed by atoms with van der Waals surface area (Å²) in [6.45, 7) is 1.05. The summed E-state index contributed by atoms with van der Waals surface area (Å²) in [6, 6.07) is 0. The van der Waals surface area contributed by atoms with E-state index in [9.17, 15) is 35.1 Å². The van der Waals surface area contributed by atoms with Crippen LogP contribution < -0.4 is 0 Å². The van der Waals surface area contributed by atoms with Gasteiger partial charge in [-0.25, -0.2) is 0 Å². The van der Waals surface area contributed by atoms with E-state index in [0.717, 1.165) is 0 Å². The summed E-state index contributed by atoms with van der Waals surface area (Å²) in [7, 11) is 0. The molecule has 3 aliphatic rings. The minimum absolute atomic E-state index is 0.0573. The van der Waals surface area contributed by atoms with Crippen LogP contribution in [0.5, 0.6) is 0 Å². The van der Waals surface area contributed by atoms with Crippen molar-refractivity contribution < 1.29 is 49.3 Å². The molecule has 0 amide bonds.